The van der Waals surface area contributed by atoms with Gasteiger partial charge in [-0.25, -0.2) is 9.37 Å². The molecular formula is C16H18BrFN2O. The maximum atomic E-state index is 13.5. The lowest BCUT2D eigenvalue weighted by atomic mass is 10.1. The molecule has 1 aromatic heterocycles. The molecule has 0 saturated heterocycles. The highest BCUT2D eigenvalue weighted by atomic mass is 79.9. The van der Waals surface area contributed by atoms with Crippen LogP contribution in [-0.2, 0) is 13.0 Å². The molecule has 0 radical (unpaired) electrons. The Balaban J connectivity index is 2.26. The van der Waals surface area contributed by atoms with Crippen molar-refractivity contribution in [1.82, 2.24) is 10.3 Å². The van der Waals surface area contributed by atoms with Gasteiger partial charge in [-0.3, -0.25) is 0 Å². The Labute approximate surface area is 132 Å². The van der Waals surface area contributed by atoms with Crippen molar-refractivity contribution < 1.29 is 9.13 Å². The topological polar surface area (TPSA) is 34.1 Å². The van der Waals surface area contributed by atoms with E-state index < -0.39 is 0 Å². The van der Waals surface area contributed by atoms with Crippen LogP contribution in [0.15, 0.2) is 34.8 Å². The third-order valence-corrected chi connectivity index (χ3v) is 3.56. The molecular weight excluding hydrogens is 335 g/mol. The fourth-order valence-electron chi connectivity index (χ4n) is 2.02. The number of aryl methyl sites for hydroxylation is 1. The van der Waals surface area contributed by atoms with Gasteiger partial charge in [0.2, 0.25) is 5.88 Å². The second-order valence-electron chi connectivity index (χ2n) is 4.76. The summed E-state index contributed by atoms with van der Waals surface area (Å²) in [6, 6.07) is 8.61. The van der Waals surface area contributed by atoms with Gasteiger partial charge in [-0.2, -0.15) is 0 Å². The summed E-state index contributed by atoms with van der Waals surface area (Å²) in [5.41, 5.74) is 2.08. The number of benzene rings is 1. The number of aromatic nitrogens is 1. The van der Waals surface area contributed by atoms with E-state index in [0.717, 1.165) is 30.6 Å². The van der Waals surface area contributed by atoms with E-state index in [2.05, 4.69) is 39.2 Å². The molecule has 1 heterocycles. The van der Waals surface area contributed by atoms with Crippen LogP contribution in [0, 0.1) is 5.82 Å². The van der Waals surface area contributed by atoms with Crippen LogP contribution in [-0.4, -0.2) is 12.0 Å². The van der Waals surface area contributed by atoms with E-state index in [1.54, 1.807) is 12.1 Å². The van der Waals surface area contributed by atoms with Crippen LogP contribution in [0.2, 0.25) is 0 Å². The minimum atomic E-state index is -0.354. The molecule has 0 bridgehead atoms. The molecule has 0 aliphatic heterocycles. The van der Waals surface area contributed by atoms with E-state index in [9.17, 15) is 4.39 Å². The number of rotatable bonds is 6. The molecule has 1 N–H and O–H groups in total. The van der Waals surface area contributed by atoms with Crippen molar-refractivity contribution in [3.8, 4) is 11.6 Å². The molecule has 5 heteroatoms. The number of nitrogens with zero attached hydrogens (tertiary/aromatic N) is 1. The predicted octanol–water partition coefficient (Wildman–Crippen LogP) is 4.45. The van der Waals surface area contributed by atoms with Gasteiger partial charge in [-0.1, -0.05) is 13.3 Å². The lowest BCUT2D eigenvalue weighted by Crippen LogP contribution is -2.06. The number of pyridine rings is 1. The smallest absolute Gasteiger partial charge is 0.219 e. The Kier molecular flexibility index (Phi) is 5.70. The fraction of sp³-hybridized carbons (Fsp3) is 0.312. The van der Waals surface area contributed by atoms with Crippen LogP contribution in [0.3, 0.4) is 0 Å². The van der Waals surface area contributed by atoms with Crippen LogP contribution in [0.5, 0.6) is 11.6 Å². The number of hydrogen-bond donors (Lipinski definition) is 1. The number of nitrogens with one attached hydrogen (secondary N) is 1. The maximum absolute atomic E-state index is 13.5. The van der Waals surface area contributed by atoms with Crippen molar-refractivity contribution in [3.05, 3.63) is 51.9 Å². The second kappa shape index (κ2) is 7.52. The molecule has 0 spiro atoms. The van der Waals surface area contributed by atoms with Gasteiger partial charge in [0.1, 0.15) is 11.6 Å². The maximum Gasteiger partial charge on any atom is 0.219 e. The van der Waals surface area contributed by atoms with E-state index in [0.29, 0.717) is 16.1 Å². The third kappa shape index (κ3) is 4.51. The van der Waals surface area contributed by atoms with Gasteiger partial charge in [0.15, 0.2) is 0 Å². The zero-order valence-corrected chi connectivity index (χ0v) is 13.7. The summed E-state index contributed by atoms with van der Waals surface area (Å²) in [5.74, 6) is 0.577. The molecule has 0 fully saturated rings. The number of ether oxygens (including phenoxy) is 1. The average molecular weight is 353 g/mol. The van der Waals surface area contributed by atoms with Crippen LogP contribution >= 0.6 is 15.9 Å². The van der Waals surface area contributed by atoms with Gasteiger partial charge < -0.3 is 10.1 Å². The van der Waals surface area contributed by atoms with E-state index in [1.165, 1.54) is 6.07 Å². The summed E-state index contributed by atoms with van der Waals surface area (Å²) in [4.78, 5) is 4.47. The first-order chi connectivity index (χ1) is 10.1. The van der Waals surface area contributed by atoms with Crippen molar-refractivity contribution in [2.75, 3.05) is 7.05 Å². The molecule has 0 saturated carbocycles. The van der Waals surface area contributed by atoms with E-state index in [-0.39, 0.29) is 5.82 Å². The Morgan fingerprint density at radius 3 is 2.76 bits per heavy atom. The number of halogens is 2. The standard InChI is InChI=1S/C16H18BrFN2O/c1-3-4-12-7-11(10-19-2)8-16(20-12)21-13-5-6-14(17)15(18)9-13/h5-9,19H,3-4,10H2,1-2H3. The van der Waals surface area contributed by atoms with Crippen molar-refractivity contribution in [1.29, 1.82) is 0 Å². The molecule has 0 atom stereocenters. The van der Waals surface area contributed by atoms with Crippen LogP contribution in [0.25, 0.3) is 0 Å². The first-order valence-corrected chi connectivity index (χ1v) is 7.69. The summed E-state index contributed by atoms with van der Waals surface area (Å²) in [7, 11) is 1.89. The molecule has 0 aliphatic rings. The van der Waals surface area contributed by atoms with Crippen molar-refractivity contribution >= 4 is 15.9 Å². The van der Waals surface area contributed by atoms with Gasteiger partial charge in [0, 0.05) is 24.4 Å². The largest absolute Gasteiger partial charge is 0.439 e. The van der Waals surface area contributed by atoms with E-state index >= 15 is 0 Å². The number of hydrogen-bond acceptors (Lipinski definition) is 3. The Bertz CT molecular complexity index is 595. The molecule has 21 heavy (non-hydrogen) atoms. The Morgan fingerprint density at radius 1 is 1.29 bits per heavy atom. The monoisotopic (exact) mass is 352 g/mol. The van der Waals surface area contributed by atoms with E-state index in [4.69, 9.17) is 4.74 Å². The summed E-state index contributed by atoms with van der Waals surface area (Å²) in [6.07, 6.45) is 1.91. The molecule has 2 rings (SSSR count). The molecule has 0 unspecified atom stereocenters. The van der Waals surface area contributed by atoms with Crippen LogP contribution in [0.4, 0.5) is 4.39 Å². The van der Waals surface area contributed by atoms with E-state index in [1.807, 2.05) is 13.1 Å². The summed E-state index contributed by atoms with van der Waals surface area (Å²) >= 11 is 3.12. The zero-order valence-electron chi connectivity index (χ0n) is 12.1. The van der Waals surface area contributed by atoms with Crippen LogP contribution < -0.4 is 10.1 Å². The van der Waals surface area contributed by atoms with Gasteiger partial charge in [-0.15, -0.1) is 0 Å². The van der Waals surface area contributed by atoms with Gasteiger partial charge >= 0.3 is 0 Å². The van der Waals surface area contributed by atoms with Gasteiger partial charge in [-0.05, 0) is 53.2 Å². The van der Waals surface area contributed by atoms with Crippen molar-refractivity contribution in [2.24, 2.45) is 0 Å². The molecule has 0 aliphatic carbocycles. The summed E-state index contributed by atoms with van der Waals surface area (Å²) in [6.45, 7) is 2.85. The quantitative estimate of drug-likeness (QED) is 0.833. The minimum absolute atomic E-state index is 0.354. The Morgan fingerprint density at radius 2 is 2.10 bits per heavy atom. The molecule has 112 valence electrons. The Hall–Kier alpha value is -1.46. The molecule has 2 aromatic rings. The SMILES string of the molecule is CCCc1cc(CNC)cc(Oc2ccc(Br)c(F)c2)n1. The van der Waals surface area contributed by atoms with Gasteiger partial charge in [0.05, 0.1) is 4.47 Å². The molecule has 3 nitrogen and oxygen atoms in total. The minimum Gasteiger partial charge on any atom is -0.439 e. The first-order valence-electron chi connectivity index (χ1n) is 6.89. The molecule has 1 aromatic carbocycles. The first kappa shape index (κ1) is 15.9. The van der Waals surface area contributed by atoms with Crippen molar-refractivity contribution in [3.63, 3.8) is 0 Å². The van der Waals surface area contributed by atoms with Crippen LogP contribution in [0.1, 0.15) is 24.6 Å². The lowest BCUT2D eigenvalue weighted by molar-refractivity contribution is 0.454. The highest BCUT2D eigenvalue weighted by Gasteiger charge is 2.07. The third-order valence-electron chi connectivity index (χ3n) is 2.92. The van der Waals surface area contributed by atoms with Crippen molar-refractivity contribution in [2.45, 2.75) is 26.3 Å². The summed E-state index contributed by atoms with van der Waals surface area (Å²) in [5, 5.41) is 3.11. The lowest BCUT2D eigenvalue weighted by Gasteiger charge is -2.10. The second-order valence-corrected chi connectivity index (χ2v) is 5.62. The van der Waals surface area contributed by atoms with Gasteiger partial charge in [0.25, 0.3) is 0 Å². The predicted molar refractivity (Wildman–Crippen MR) is 85.2 cm³/mol. The summed E-state index contributed by atoms with van der Waals surface area (Å²) < 4.78 is 19.6. The fourth-order valence-corrected chi connectivity index (χ4v) is 2.27. The highest BCUT2D eigenvalue weighted by Crippen LogP contribution is 2.25. The molecule has 0 amide bonds. The average Bonchev–Trinajstić information content (AvgIpc) is 2.43. The highest BCUT2D eigenvalue weighted by molar-refractivity contribution is 9.10. The normalized spacial score (nSPS) is 10.7. The zero-order chi connectivity index (χ0) is 15.2.